The fourth-order valence-corrected chi connectivity index (χ4v) is 4.89. The Morgan fingerprint density at radius 2 is 1.62 bits per heavy atom. The van der Waals surface area contributed by atoms with Crippen LogP contribution >= 0.6 is 0 Å². The van der Waals surface area contributed by atoms with Crippen LogP contribution in [-0.2, 0) is 0 Å². The standard InChI is InChI=1S/C14H24O2/c1-13(2)8-6-7-14(3)9(4-5-10(14)15)12(16)11(8)13/h8-12,15-16H,4-7H2,1-3H3/t8-,9+,10-,11-,12-,14-/m1/s1. The minimum absolute atomic E-state index is 0.0110. The molecule has 0 spiro atoms. The fraction of sp³-hybridized carbons (Fsp3) is 1.00. The number of hydrogen-bond donors (Lipinski definition) is 2. The van der Waals surface area contributed by atoms with Crippen LogP contribution in [0.3, 0.4) is 0 Å². The highest BCUT2D eigenvalue weighted by molar-refractivity contribution is 5.15. The van der Waals surface area contributed by atoms with Gasteiger partial charge in [0.15, 0.2) is 0 Å². The summed E-state index contributed by atoms with van der Waals surface area (Å²) in [6.45, 7) is 6.77. The molecule has 3 fully saturated rings. The average molecular weight is 224 g/mol. The molecule has 0 aliphatic heterocycles. The fourth-order valence-electron chi connectivity index (χ4n) is 4.89. The van der Waals surface area contributed by atoms with E-state index in [9.17, 15) is 10.2 Å². The lowest BCUT2D eigenvalue weighted by molar-refractivity contribution is -0.0248. The lowest BCUT2D eigenvalue weighted by atomic mass is 9.71. The van der Waals surface area contributed by atoms with E-state index in [0.717, 1.165) is 19.3 Å². The van der Waals surface area contributed by atoms with E-state index in [2.05, 4.69) is 20.8 Å². The molecule has 6 atom stereocenters. The summed E-state index contributed by atoms with van der Waals surface area (Å²) in [5.41, 5.74) is 0.331. The Labute approximate surface area is 98.1 Å². The first-order chi connectivity index (χ1) is 7.39. The molecule has 92 valence electrons. The second-order valence-electron chi connectivity index (χ2n) is 7.19. The van der Waals surface area contributed by atoms with E-state index >= 15 is 0 Å². The SMILES string of the molecule is CC1(C)[C@H]2[C@H](O)[C@@H]3CC[C@@H](O)[C@]3(C)CC[C@H]21. The van der Waals surface area contributed by atoms with Crippen LogP contribution in [0.25, 0.3) is 0 Å². The summed E-state index contributed by atoms with van der Waals surface area (Å²) < 4.78 is 0. The minimum Gasteiger partial charge on any atom is -0.393 e. The first-order valence-electron chi connectivity index (χ1n) is 6.75. The van der Waals surface area contributed by atoms with Crippen molar-refractivity contribution in [1.29, 1.82) is 0 Å². The second kappa shape index (κ2) is 3.02. The van der Waals surface area contributed by atoms with Gasteiger partial charge < -0.3 is 10.2 Å². The second-order valence-corrected chi connectivity index (χ2v) is 7.19. The molecule has 2 nitrogen and oxygen atoms in total. The molecule has 0 amide bonds. The zero-order chi connectivity index (χ0) is 11.7. The van der Waals surface area contributed by atoms with Gasteiger partial charge >= 0.3 is 0 Å². The molecule has 0 unspecified atom stereocenters. The van der Waals surface area contributed by atoms with Gasteiger partial charge in [0.2, 0.25) is 0 Å². The Kier molecular flexibility index (Phi) is 2.09. The Morgan fingerprint density at radius 1 is 0.938 bits per heavy atom. The zero-order valence-electron chi connectivity index (χ0n) is 10.6. The normalized spacial score (nSPS) is 58.7. The summed E-state index contributed by atoms with van der Waals surface area (Å²) in [4.78, 5) is 0. The molecule has 3 aliphatic rings. The predicted octanol–water partition coefficient (Wildman–Crippen LogP) is 2.19. The van der Waals surface area contributed by atoms with Crippen LogP contribution in [-0.4, -0.2) is 22.4 Å². The van der Waals surface area contributed by atoms with Crippen molar-refractivity contribution in [1.82, 2.24) is 0 Å². The van der Waals surface area contributed by atoms with Gasteiger partial charge in [0.05, 0.1) is 12.2 Å². The van der Waals surface area contributed by atoms with Crippen LogP contribution in [0.2, 0.25) is 0 Å². The summed E-state index contributed by atoms with van der Waals surface area (Å²) in [5.74, 6) is 1.51. The Morgan fingerprint density at radius 3 is 2.31 bits per heavy atom. The third kappa shape index (κ3) is 1.15. The Balaban J connectivity index is 1.90. The number of fused-ring (bicyclic) bond motifs is 2. The smallest absolute Gasteiger partial charge is 0.0610 e. The molecule has 0 bridgehead atoms. The van der Waals surface area contributed by atoms with E-state index in [1.165, 1.54) is 6.42 Å². The highest BCUT2D eigenvalue weighted by Gasteiger charge is 2.66. The summed E-state index contributed by atoms with van der Waals surface area (Å²) in [6, 6.07) is 0. The minimum atomic E-state index is -0.187. The molecule has 0 aromatic carbocycles. The van der Waals surface area contributed by atoms with E-state index in [0.29, 0.717) is 23.2 Å². The summed E-state index contributed by atoms with van der Waals surface area (Å²) in [7, 11) is 0. The third-order valence-corrected chi connectivity index (χ3v) is 6.27. The zero-order valence-corrected chi connectivity index (χ0v) is 10.6. The van der Waals surface area contributed by atoms with Gasteiger partial charge in [0.1, 0.15) is 0 Å². The van der Waals surface area contributed by atoms with Crippen molar-refractivity contribution in [3.05, 3.63) is 0 Å². The van der Waals surface area contributed by atoms with Crippen LogP contribution in [0, 0.1) is 28.6 Å². The highest BCUT2D eigenvalue weighted by Crippen LogP contribution is 2.68. The maximum Gasteiger partial charge on any atom is 0.0610 e. The van der Waals surface area contributed by atoms with E-state index in [-0.39, 0.29) is 17.6 Å². The Hall–Kier alpha value is -0.0800. The van der Waals surface area contributed by atoms with Crippen LogP contribution in [0.1, 0.15) is 46.5 Å². The molecule has 0 radical (unpaired) electrons. The molecule has 2 heteroatoms. The molecular formula is C14H24O2. The molecule has 0 aromatic heterocycles. The van der Waals surface area contributed by atoms with Crippen molar-refractivity contribution in [3.63, 3.8) is 0 Å². The molecule has 3 saturated carbocycles. The van der Waals surface area contributed by atoms with E-state index in [4.69, 9.17) is 0 Å². The van der Waals surface area contributed by atoms with Crippen molar-refractivity contribution < 1.29 is 10.2 Å². The highest BCUT2D eigenvalue weighted by atomic mass is 16.3. The summed E-state index contributed by atoms with van der Waals surface area (Å²) >= 11 is 0. The van der Waals surface area contributed by atoms with Gasteiger partial charge in [-0.25, -0.2) is 0 Å². The molecule has 0 aromatic rings. The van der Waals surface area contributed by atoms with Crippen LogP contribution in [0.15, 0.2) is 0 Å². The first-order valence-corrected chi connectivity index (χ1v) is 6.75. The van der Waals surface area contributed by atoms with Crippen LogP contribution in [0.5, 0.6) is 0 Å². The van der Waals surface area contributed by atoms with Gasteiger partial charge in [0.25, 0.3) is 0 Å². The maximum atomic E-state index is 10.6. The van der Waals surface area contributed by atoms with Gasteiger partial charge in [-0.05, 0) is 54.3 Å². The van der Waals surface area contributed by atoms with E-state index in [1.807, 2.05) is 0 Å². The van der Waals surface area contributed by atoms with Crippen molar-refractivity contribution >= 4 is 0 Å². The van der Waals surface area contributed by atoms with Gasteiger partial charge in [-0.1, -0.05) is 20.8 Å². The molecule has 3 rings (SSSR count). The van der Waals surface area contributed by atoms with Gasteiger partial charge in [-0.15, -0.1) is 0 Å². The quantitative estimate of drug-likeness (QED) is 0.662. The third-order valence-electron chi connectivity index (χ3n) is 6.27. The lowest BCUT2D eigenvalue weighted by Crippen LogP contribution is -2.39. The number of aliphatic hydroxyl groups is 2. The molecule has 16 heavy (non-hydrogen) atoms. The van der Waals surface area contributed by atoms with Gasteiger partial charge in [0, 0.05) is 0 Å². The van der Waals surface area contributed by atoms with Crippen molar-refractivity contribution in [2.75, 3.05) is 0 Å². The largest absolute Gasteiger partial charge is 0.393 e. The first kappa shape index (κ1) is 11.0. The molecule has 3 aliphatic carbocycles. The monoisotopic (exact) mass is 224 g/mol. The Bertz CT molecular complexity index is 312. The molecule has 2 N–H and O–H groups in total. The summed E-state index contributed by atoms with van der Waals surface area (Å²) in [6.07, 6.45) is 3.82. The topological polar surface area (TPSA) is 40.5 Å². The molecule has 0 heterocycles. The van der Waals surface area contributed by atoms with Crippen molar-refractivity contribution in [2.45, 2.75) is 58.7 Å². The lowest BCUT2D eigenvalue weighted by Gasteiger charge is -2.37. The number of rotatable bonds is 0. The molecular weight excluding hydrogens is 200 g/mol. The van der Waals surface area contributed by atoms with Gasteiger partial charge in [-0.2, -0.15) is 0 Å². The van der Waals surface area contributed by atoms with E-state index in [1.54, 1.807) is 0 Å². The average Bonchev–Trinajstić information content (AvgIpc) is 2.67. The maximum absolute atomic E-state index is 10.6. The predicted molar refractivity (Wildman–Crippen MR) is 62.8 cm³/mol. The number of hydrogen-bond acceptors (Lipinski definition) is 2. The van der Waals surface area contributed by atoms with Crippen LogP contribution in [0.4, 0.5) is 0 Å². The number of aliphatic hydroxyl groups excluding tert-OH is 2. The van der Waals surface area contributed by atoms with Gasteiger partial charge in [-0.3, -0.25) is 0 Å². The van der Waals surface area contributed by atoms with Crippen LogP contribution < -0.4 is 0 Å². The summed E-state index contributed by atoms with van der Waals surface area (Å²) in [5, 5.41) is 20.7. The van der Waals surface area contributed by atoms with Crippen molar-refractivity contribution in [2.24, 2.45) is 28.6 Å². The molecule has 0 saturated heterocycles. The van der Waals surface area contributed by atoms with E-state index < -0.39 is 0 Å². The van der Waals surface area contributed by atoms with Crippen molar-refractivity contribution in [3.8, 4) is 0 Å².